The molecule has 0 bridgehead atoms. The van der Waals surface area contributed by atoms with Crippen molar-refractivity contribution in [3.8, 4) is 0 Å². The number of amides is 4. The number of anilines is 1. The Kier molecular flexibility index (Phi) is 7.31. The van der Waals surface area contributed by atoms with Gasteiger partial charge in [0.15, 0.2) is 0 Å². The second-order valence-corrected chi connectivity index (χ2v) is 14.4. The molecular formula is C21H29N5O5Si. The number of aromatic nitrogens is 2. The summed E-state index contributed by atoms with van der Waals surface area (Å²) in [5, 5.41) is 15.2. The van der Waals surface area contributed by atoms with E-state index in [9.17, 15) is 14.4 Å². The standard InChI is InChI=1S/C21H29N5O5Si/c1-32(2,3)12-11-31-15-25-19(27)7-9-24(21(25)30)18-14-23-26-10-6-16(13-17(18)26)5-4-8-22-20(28)29/h4-6,10,13-14,22H,7-9,11-12,15H2,1-3H3,(H,28,29)/b5-4+. The molecular weight excluding hydrogens is 430 g/mol. The summed E-state index contributed by atoms with van der Waals surface area (Å²) in [5.74, 6) is -0.245. The van der Waals surface area contributed by atoms with Crippen molar-refractivity contribution in [3.05, 3.63) is 36.2 Å². The van der Waals surface area contributed by atoms with Crippen LogP contribution in [0.25, 0.3) is 11.6 Å². The van der Waals surface area contributed by atoms with Crippen molar-refractivity contribution < 1.29 is 24.2 Å². The fraction of sp³-hybridized carbons (Fsp3) is 0.429. The highest BCUT2D eigenvalue weighted by Gasteiger charge is 2.34. The van der Waals surface area contributed by atoms with Gasteiger partial charge in [0.1, 0.15) is 6.73 Å². The lowest BCUT2D eigenvalue weighted by Crippen LogP contribution is -2.53. The molecule has 2 aromatic heterocycles. The lowest BCUT2D eigenvalue weighted by atomic mass is 10.2. The lowest BCUT2D eigenvalue weighted by Gasteiger charge is -2.33. The number of hydrogen-bond acceptors (Lipinski definition) is 5. The van der Waals surface area contributed by atoms with Gasteiger partial charge in [0, 0.05) is 40.4 Å². The van der Waals surface area contributed by atoms with Gasteiger partial charge in [0.05, 0.1) is 17.4 Å². The van der Waals surface area contributed by atoms with Crippen LogP contribution in [-0.2, 0) is 9.53 Å². The fourth-order valence-electron chi connectivity index (χ4n) is 3.21. The molecule has 10 nitrogen and oxygen atoms in total. The molecule has 32 heavy (non-hydrogen) atoms. The monoisotopic (exact) mass is 459 g/mol. The van der Waals surface area contributed by atoms with Crippen molar-refractivity contribution >= 4 is 43.4 Å². The molecule has 11 heteroatoms. The first-order chi connectivity index (χ1) is 15.2. The number of hydrogen-bond donors (Lipinski definition) is 2. The minimum atomic E-state index is -1.26. The largest absolute Gasteiger partial charge is 0.465 e. The summed E-state index contributed by atoms with van der Waals surface area (Å²) >= 11 is 0. The Morgan fingerprint density at radius 2 is 2.12 bits per heavy atom. The molecule has 1 saturated heterocycles. The molecule has 1 aliphatic rings. The summed E-state index contributed by atoms with van der Waals surface area (Å²) in [4.78, 5) is 38.7. The van der Waals surface area contributed by atoms with E-state index >= 15 is 0 Å². The minimum Gasteiger partial charge on any atom is -0.465 e. The van der Waals surface area contributed by atoms with Gasteiger partial charge in [0.2, 0.25) is 5.91 Å². The zero-order chi connectivity index (χ0) is 23.3. The molecule has 0 saturated carbocycles. The first-order valence-corrected chi connectivity index (χ1v) is 14.2. The maximum Gasteiger partial charge on any atom is 0.404 e. The van der Waals surface area contributed by atoms with Crippen LogP contribution in [0.4, 0.5) is 15.3 Å². The van der Waals surface area contributed by atoms with Gasteiger partial charge in [0.25, 0.3) is 0 Å². The van der Waals surface area contributed by atoms with Crippen LogP contribution >= 0.6 is 0 Å². The predicted molar refractivity (Wildman–Crippen MR) is 123 cm³/mol. The number of carbonyl (C=O) groups is 3. The van der Waals surface area contributed by atoms with E-state index in [4.69, 9.17) is 9.84 Å². The third-order valence-corrected chi connectivity index (χ3v) is 6.73. The van der Waals surface area contributed by atoms with E-state index in [1.165, 1.54) is 0 Å². The van der Waals surface area contributed by atoms with E-state index in [-0.39, 0.29) is 32.1 Å². The van der Waals surface area contributed by atoms with E-state index in [0.29, 0.717) is 17.8 Å². The average molecular weight is 460 g/mol. The van der Waals surface area contributed by atoms with Crippen LogP contribution in [0.3, 0.4) is 0 Å². The van der Waals surface area contributed by atoms with Crippen molar-refractivity contribution in [2.45, 2.75) is 32.1 Å². The number of imide groups is 1. The van der Waals surface area contributed by atoms with Crippen LogP contribution in [0.1, 0.15) is 12.0 Å². The molecule has 1 fully saturated rings. The molecule has 172 valence electrons. The number of nitrogens with one attached hydrogen (secondary N) is 1. The highest BCUT2D eigenvalue weighted by atomic mass is 28.3. The third kappa shape index (κ3) is 5.95. The number of nitrogens with zero attached hydrogens (tertiary/aromatic N) is 4. The maximum atomic E-state index is 13.1. The molecule has 2 aromatic rings. The molecule has 0 aliphatic carbocycles. The second kappa shape index (κ2) is 9.96. The molecule has 0 aromatic carbocycles. The van der Waals surface area contributed by atoms with Crippen LogP contribution < -0.4 is 10.2 Å². The summed E-state index contributed by atoms with van der Waals surface area (Å²) in [7, 11) is -1.26. The number of carbonyl (C=O) groups excluding carboxylic acids is 2. The zero-order valence-electron chi connectivity index (χ0n) is 18.6. The van der Waals surface area contributed by atoms with E-state index in [1.54, 1.807) is 34.0 Å². The van der Waals surface area contributed by atoms with Crippen molar-refractivity contribution in [2.75, 3.05) is 31.3 Å². The van der Waals surface area contributed by atoms with Crippen molar-refractivity contribution in [1.82, 2.24) is 19.8 Å². The topological polar surface area (TPSA) is 116 Å². The van der Waals surface area contributed by atoms with Crippen LogP contribution in [0.5, 0.6) is 0 Å². The van der Waals surface area contributed by atoms with Gasteiger partial charge in [-0.05, 0) is 23.7 Å². The maximum absolute atomic E-state index is 13.1. The Hall–Kier alpha value is -3.18. The van der Waals surface area contributed by atoms with Crippen LogP contribution in [0.2, 0.25) is 25.7 Å². The highest BCUT2D eigenvalue weighted by Crippen LogP contribution is 2.26. The Bertz CT molecular complexity index is 1030. The molecule has 0 unspecified atom stereocenters. The number of carboxylic acid groups (broad SMARTS) is 1. The zero-order valence-corrected chi connectivity index (χ0v) is 19.6. The summed E-state index contributed by atoms with van der Waals surface area (Å²) in [6.45, 7) is 7.66. The van der Waals surface area contributed by atoms with Gasteiger partial charge in [-0.2, -0.15) is 5.10 Å². The summed E-state index contributed by atoms with van der Waals surface area (Å²) in [6.07, 6.45) is 5.97. The van der Waals surface area contributed by atoms with E-state index in [2.05, 4.69) is 30.1 Å². The Morgan fingerprint density at radius 3 is 2.84 bits per heavy atom. The van der Waals surface area contributed by atoms with Gasteiger partial charge in [-0.15, -0.1) is 0 Å². The van der Waals surface area contributed by atoms with Crippen molar-refractivity contribution in [3.63, 3.8) is 0 Å². The highest BCUT2D eigenvalue weighted by molar-refractivity contribution is 6.76. The molecule has 0 atom stereocenters. The molecule has 0 radical (unpaired) electrons. The van der Waals surface area contributed by atoms with Crippen molar-refractivity contribution in [2.24, 2.45) is 0 Å². The fourth-order valence-corrected chi connectivity index (χ4v) is 3.97. The van der Waals surface area contributed by atoms with Gasteiger partial charge >= 0.3 is 12.1 Å². The predicted octanol–water partition coefficient (Wildman–Crippen LogP) is 3.09. The number of ether oxygens (including phenoxy) is 1. The van der Waals surface area contributed by atoms with Crippen molar-refractivity contribution in [1.29, 1.82) is 0 Å². The molecule has 0 spiro atoms. The summed E-state index contributed by atoms with van der Waals surface area (Å²) in [5.41, 5.74) is 2.15. The Labute approximate surface area is 187 Å². The first-order valence-electron chi connectivity index (χ1n) is 10.5. The third-order valence-electron chi connectivity index (χ3n) is 5.03. The average Bonchev–Trinajstić information content (AvgIpc) is 3.13. The van der Waals surface area contributed by atoms with Gasteiger partial charge in [-0.25, -0.2) is 19.0 Å². The van der Waals surface area contributed by atoms with E-state index in [0.717, 1.165) is 16.5 Å². The van der Waals surface area contributed by atoms with Crippen LogP contribution in [0, 0.1) is 0 Å². The first kappa shape index (κ1) is 23.5. The number of pyridine rings is 1. The van der Waals surface area contributed by atoms with E-state index in [1.807, 2.05) is 12.1 Å². The summed E-state index contributed by atoms with van der Waals surface area (Å²) < 4.78 is 7.30. The van der Waals surface area contributed by atoms with Crippen LogP contribution in [-0.4, -0.2) is 72.2 Å². The molecule has 1 aliphatic heterocycles. The summed E-state index contributed by atoms with van der Waals surface area (Å²) in [6, 6.07) is 4.23. The number of urea groups is 1. The Balaban J connectivity index is 1.73. The Morgan fingerprint density at radius 1 is 1.34 bits per heavy atom. The van der Waals surface area contributed by atoms with Crippen LogP contribution in [0.15, 0.2) is 30.6 Å². The molecule has 3 rings (SSSR count). The SMILES string of the molecule is C[Si](C)(C)CCOCN1C(=O)CCN(c2cnn3ccc(/C=C/CNC(=O)O)cc23)C1=O. The van der Waals surface area contributed by atoms with Gasteiger partial charge in [-0.1, -0.05) is 31.8 Å². The number of fused-ring (bicyclic) bond motifs is 1. The van der Waals surface area contributed by atoms with Gasteiger partial charge in [-0.3, -0.25) is 9.69 Å². The molecule has 4 amide bonds. The van der Waals surface area contributed by atoms with Gasteiger partial charge < -0.3 is 15.2 Å². The number of rotatable bonds is 9. The molecule has 2 N–H and O–H groups in total. The normalized spacial score (nSPS) is 15.2. The van der Waals surface area contributed by atoms with E-state index < -0.39 is 20.2 Å². The molecule has 3 heterocycles. The quantitative estimate of drug-likeness (QED) is 0.440. The minimum absolute atomic E-state index is 0.0532. The smallest absolute Gasteiger partial charge is 0.404 e. The lowest BCUT2D eigenvalue weighted by molar-refractivity contribution is -0.133. The second-order valence-electron chi connectivity index (χ2n) is 8.76.